The van der Waals surface area contributed by atoms with E-state index in [1.54, 1.807) is 0 Å². The average molecular weight is 245 g/mol. The van der Waals surface area contributed by atoms with E-state index < -0.39 is 5.60 Å². The molecule has 2 saturated carbocycles. The second-order valence-electron chi connectivity index (χ2n) is 5.80. The van der Waals surface area contributed by atoms with Gasteiger partial charge in [-0.2, -0.15) is 0 Å². The van der Waals surface area contributed by atoms with E-state index in [2.05, 4.69) is 13.5 Å². The van der Waals surface area contributed by atoms with Crippen LogP contribution in [0.5, 0.6) is 0 Å². The molecule has 2 fully saturated rings. The molecule has 92 valence electrons. The molecule has 2 rings (SSSR count). The zero-order valence-electron chi connectivity index (χ0n) is 11.1. The molecule has 17 heavy (non-hydrogen) atoms. The summed E-state index contributed by atoms with van der Waals surface area (Å²) in [6.07, 6.45) is 10.6. The molecule has 0 N–H and O–H groups in total. The number of hydrogen-bond donors (Lipinski definition) is 0. The minimum absolute atomic E-state index is 0. The van der Waals surface area contributed by atoms with Gasteiger partial charge in [-0.3, -0.25) is 0 Å². The minimum Gasteiger partial charge on any atom is -0.851 e. The summed E-state index contributed by atoms with van der Waals surface area (Å²) >= 11 is 0. The van der Waals surface area contributed by atoms with Crippen LogP contribution in [0.15, 0.2) is 12.2 Å². The van der Waals surface area contributed by atoms with Gasteiger partial charge in [0, 0.05) is 0 Å². The Hall–Kier alpha value is 0.466. The largest absolute Gasteiger partial charge is 2.00 e. The summed E-state index contributed by atoms with van der Waals surface area (Å²) in [5.74, 6) is 0. The maximum absolute atomic E-state index is 13.1. The van der Waals surface area contributed by atoms with Crippen molar-refractivity contribution in [2.75, 3.05) is 0 Å². The summed E-state index contributed by atoms with van der Waals surface area (Å²) in [5, 5.41) is 13.1. The van der Waals surface area contributed by atoms with Crippen molar-refractivity contribution in [3.63, 3.8) is 0 Å². The predicted octanol–water partition coefficient (Wildman–Crippen LogP) is 3.01. The van der Waals surface area contributed by atoms with E-state index in [4.69, 9.17) is 0 Å². The Balaban J connectivity index is 0.00000144. The van der Waals surface area contributed by atoms with Crippen molar-refractivity contribution in [1.29, 1.82) is 0 Å². The third kappa shape index (κ3) is 2.90. The summed E-state index contributed by atoms with van der Waals surface area (Å²) in [6, 6.07) is 0. The van der Waals surface area contributed by atoms with E-state index in [-0.39, 0.29) is 28.5 Å². The molecule has 0 amide bonds. The van der Waals surface area contributed by atoms with Crippen LogP contribution in [0.25, 0.3) is 0 Å². The van der Waals surface area contributed by atoms with Crippen LogP contribution < -0.4 is 5.11 Å². The standard InChI is InChI=1S/C15H24O.Mg/c1-13-9-5-8-10-14(13,2)15(16)11-6-3-4-7-12-15;/h1-12H2;/q-2;+2. The normalized spacial score (nSPS) is 33.6. The quantitative estimate of drug-likeness (QED) is 0.301. The zero-order chi connectivity index (χ0) is 11.6. The molecule has 2 aliphatic rings. The molecule has 2 heteroatoms. The maximum Gasteiger partial charge on any atom is 2.00 e. The molecule has 1 atom stereocenters. The molecule has 2 aliphatic carbocycles. The van der Waals surface area contributed by atoms with Crippen molar-refractivity contribution in [3.8, 4) is 0 Å². The summed E-state index contributed by atoms with van der Waals surface area (Å²) in [5.41, 5.74) is -0.0491. The van der Waals surface area contributed by atoms with Crippen molar-refractivity contribution in [3.05, 3.63) is 19.1 Å². The van der Waals surface area contributed by atoms with Crippen LogP contribution in [0.1, 0.15) is 64.2 Å². The third-order valence-corrected chi connectivity index (χ3v) is 4.79. The average Bonchev–Trinajstić information content (AvgIpc) is 2.49. The van der Waals surface area contributed by atoms with Gasteiger partial charge in [0.05, 0.1) is 0 Å². The van der Waals surface area contributed by atoms with Gasteiger partial charge in [0.15, 0.2) is 0 Å². The van der Waals surface area contributed by atoms with Gasteiger partial charge in [-0.1, -0.05) is 51.4 Å². The Morgan fingerprint density at radius 3 is 2.00 bits per heavy atom. The fraction of sp³-hybridized carbons (Fsp3) is 0.800. The number of hydrogen-bond acceptors (Lipinski definition) is 1. The van der Waals surface area contributed by atoms with E-state index in [9.17, 15) is 5.11 Å². The molecule has 1 unspecified atom stereocenters. The van der Waals surface area contributed by atoms with Crippen LogP contribution in [0.3, 0.4) is 0 Å². The van der Waals surface area contributed by atoms with Gasteiger partial charge in [-0.05, 0) is 12.8 Å². The Bertz CT molecular complexity index is 266. The summed E-state index contributed by atoms with van der Waals surface area (Å²) in [7, 11) is 0. The molecule has 0 radical (unpaired) electrons. The molecule has 1 nitrogen and oxygen atoms in total. The van der Waals surface area contributed by atoms with Crippen LogP contribution in [-0.4, -0.2) is 28.7 Å². The third-order valence-electron chi connectivity index (χ3n) is 4.79. The second kappa shape index (κ2) is 6.07. The SMILES string of the molecule is C=C1CCCCC1([CH2-])C1([O-])CCCCCC1.[Mg+2]. The molecule has 0 heterocycles. The first-order chi connectivity index (χ1) is 7.58. The van der Waals surface area contributed by atoms with Crippen LogP contribution in [0.4, 0.5) is 0 Å². The van der Waals surface area contributed by atoms with Gasteiger partial charge in [-0.25, -0.2) is 0 Å². The molecular formula is C15H24MgO. The van der Waals surface area contributed by atoms with E-state index in [0.29, 0.717) is 0 Å². The van der Waals surface area contributed by atoms with E-state index in [1.807, 2.05) is 0 Å². The van der Waals surface area contributed by atoms with Gasteiger partial charge in [-0.15, -0.1) is 23.2 Å². The Kier molecular flexibility index (Phi) is 5.55. The van der Waals surface area contributed by atoms with Crippen molar-refractivity contribution >= 4 is 23.1 Å². The zero-order valence-corrected chi connectivity index (χ0v) is 12.5. The predicted molar refractivity (Wildman–Crippen MR) is 71.6 cm³/mol. The Morgan fingerprint density at radius 1 is 0.941 bits per heavy atom. The van der Waals surface area contributed by atoms with Crippen LogP contribution in [0, 0.1) is 12.3 Å². The van der Waals surface area contributed by atoms with E-state index in [0.717, 1.165) is 50.5 Å². The molecule has 0 spiro atoms. The number of rotatable bonds is 1. The fourth-order valence-corrected chi connectivity index (χ4v) is 3.51. The van der Waals surface area contributed by atoms with Crippen LogP contribution >= 0.6 is 0 Å². The maximum atomic E-state index is 13.1. The Labute approximate surface area is 122 Å². The first-order valence-electron chi connectivity index (χ1n) is 6.83. The molecule has 0 aromatic carbocycles. The first kappa shape index (κ1) is 15.5. The summed E-state index contributed by atoms with van der Waals surface area (Å²) in [4.78, 5) is 0. The van der Waals surface area contributed by atoms with Crippen LogP contribution in [0.2, 0.25) is 0 Å². The fourth-order valence-electron chi connectivity index (χ4n) is 3.51. The summed E-state index contributed by atoms with van der Waals surface area (Å²) in [6.45, 7) is 8.49. The van der Waals surface area contributed by atoms with Crippen LogP contribution in [-0.2, 0) is 0 Å². The molecule has 0 saturated heterocycles. The van der Waals surface area contributed by atoms with E-state index >= 15 is 0 Å². The van der Waals surface area contributed by atoms with Crippen molar-refractivity contribution in [2.24, 2.45) is 5.41 Å². The molecule has 0 bridgehead atoms. The smallest absolute Gasteiger partial charge is 0.851 e. The Morgan fingerprint density at radius 2 is 1.47 bits per heavy atom. The van der Waals surface area contributed by atoms with Gasteiger partial charge in [0.2, 0.25) is 0 Å². The first-order valence-corrected chi connectivity index (χ1v) is 6.83. The van der Waals surface area contributed by atoms with Crippen molar-refractivity contribution in [2.45, 2.75) is 69.8 Å². The van der Waals surface area contributed by atoms with Gasteiger partial charge in [0.1, 0.15) is 0 Å². The van der Waals surface area contributed by atoms with Gasteiger partial charge >= 0.3 is 23.1 Å². The van der Waals surface area contributed by atoms with E-state index in [1.165, 1.54) is 19.3 Å². The molecule has 0 aromatic rings. The summed E-state index contributed by atoms with van der Waals surface area (Å²) < 4.78 is 0. The molecule has 0 aliphatic heterocycles. The minimum atomic E-state index is -0.818. The second-order valence-corrected chi connectivity index (χ2v) is 5.80. The van der Waals surface area contributed by atoms with Gasteiger partial charge in [0.25, 0.3) is 0 Å². The molecule has 0 aromatic heterocycles. The topological polar surface area (TPSA) is 23.1 Å². The molecular weight excluding hydrogens is 220 g/mol. The van der Waals surface area contributed by atoms with Gasteiger partial charge < -0.3 is 12.0 Å². The van der Waals surface area contributed by atoms with Crippen molar-refractivity contribution < 1.29 is 5.11 Å². The van der Waals surface area contributed by atoms with Crippen molar-refractivity contribution in [1.82, 2.24) is 0 Å². The monoisotopic (exact) mass is 244 g/mol.